The van der Waals surface area contributed by atoms with Crippen molar-refractivity contribution in [1.82, 2.24) is 0 Å². The first-order chi connectivity index (χ1) is 7.63. The molecule has 0 saturated carbocycles. The van der Waals surface area contributed by atoms with E-state index in [0.717, 1.165) is 0 Å². The Labute approximate surface area is 93.3 Å². The van der Waals surface area contributed by atoms with Crippen LogP contribution in [0.3, 0.4) is 0 Å². The lowest BCUT2D eigenvalue weighted by molar-refractivity contribution is 0.0600. The Balaban J connectivity index is 3.22. The van der Waals surface area contributed by atoms with Gasteiger partial charge in [0.05, 0.1) is 25.5 Å². The van der Waals surface area contributed by atoms with Gasteiger partial charge in [0.25, 0.3) is 0 Å². The average Bonchev–Trinajstić information content (AvgIpc) is 2.35. The number of oxime groups is 1. The van der Waals surface area contributed by atoms with Gasteiger partial charge in [0.2, 0.25) is 0 Å². The van der Waals surface area contributed by atoms with Gasteiger partial charge in [0, 0.05) is 5.56 Å². The summed E-state index contributed by atoms with van der Waals surface area (Å²) in [6.07, 6.45) is 0. The van der Waals surface area contributed by atoms with Crippen molar-refractivity contribution < 1.29 is 19.5 Å². The molecule has 1 aromatic carbocycles. The van der Waals surface area contributed by atoms with E-state index < -0.39 is 5.97 Å². The van der Waals surface area contributed by atoms with Crippen LogP contribution in [0, 0.1) is 0 Å². The fourth-order valence-electron chi connectivity index (χ4n) is 1.29. The second kappa shape index (κ2) is 5.16. The molecule has 0 heterocycles. The summed E-state index contributed by atoms with van der Waals surface area (Å²) >= 11 is 0. The summed E-state index contributed by atoms with van der Waals surface area (Å²) in [5, 5.41) is 11.8. The van der Waals surface area contributed by atoms with Gasteiger partial charge in [-0.25, -0.2) is 4.79 Å². The Morgan fingerprint density at radius 3 is 2.56 bits per heavy atom. The van der Waals surface area contributed by atoms with Gasteiger partial charge in [-0.3, -0.25) is 0 Å². The van der Waals surface area contributed by atoms with Gasteiger partial charge in [0.15, 0.2) is 0 Å². The zero-order chi connectivity index (χ0) is 12.1. The zero-order valence-corrected chi connectivity index (χ0v) is 9.35. The van der Waals surface area contributed by atoms with E-state index in [0.29, 0.717) is 22.6 Å². The lowest BCUT2D eigenvalue weighted by Gasteiger charge is -2.08. The molecule has 0 atom stereocenters. The standard InChI is InChI=1S/C11H13NO4/c1-7(12-14)9-5-4-8(11(13)16-3)6-10(9)15-2/h4-6,14H,1-3H3/b12-7+. The number of ether oxygens (including phenoxy) is 2. The van der Waals surface area contributed by atoms with Gasteiger partial charge in [-0.15, -0.1) is 0 Å². The topological polar surface area (TPSA) is 68.1 Å². The number of benzene rings is 1. The number of nitrogens with zero attached hydrogens (tertiary/aromatic N) is 1. The van der Waals surface area contributed by atoms with Crippen LogP contribution in [0.2, 0.25) is 0 Å². The molecule has 0 aromatic heterocycles. The van der Waals surface area contributed by atoms with Crippen LogP contribution in [0.1, 0.15) is 22.8 Å². The number of rotatable bonds is 3. The van der Waals surface area contributed by atoms with Gasteiger partial charge in [-0.2, -0.15) is 0 Å². The summed E-state index contributed by atoms with van der Waals surface area (Å²) in [6, 6.07) is 4.76. The summed E-state index contributed by atoms with van der Waals surface area (Å²) in [6.45, 7) is 1.63. The smallest absolute Gasteiger partial charge is 0.337 e. The molecule has 0 unspecified atom stereocenters. The Morgan fingerprint density at radius 1 is 1.38 bits per heavy atom. The van der Waals surface area contributed by atoms with Gasteiger partial charge in [-0.1, -0.05) is 5.16 Å². The number of hydrogen-bond acceptors (Lipinski definition) is 5. The molecule has 0 aliphatic heterocycles. The molecule has 1 aromatic rings. The van der Waals surface area contributed by atoms with E-state index in [1.807, 2.05) is 0 Å². The summed E-state index contributed by atoms with van der Waals surface area (Å²) in [7, 11) is 2.79. The summed E-state index contributed by atoms with van der Waals surface area (Å²) < 4.78 is 9.69. The van der Waals surface area contributed by atoms with Gasteiger partial charge < -0.3 is 14.7 Å². The molecule has 5 heteroatoms. The third-order valence-corrected chi connectivity index (χ3v) is 2.16. The number of esters is 1. The van der Waals surface area contributed by atoms with Crippen molar-refractivity contribution in [2.24, 2.45) is 5.16 Å². The predicted octanol–water partition coefficient (Wildman–Crippen LogP) is 1.68. The molecule has 0 spiro atoms. The maximum absolute atomic E-state index is 11.3. The second-order valence-corrected chi connectivity index (χ2v) is 3.09. The molecular formula is C11H13NO4. The average molecular weight is 223 g/mol. The lowest BCUT2D eigenvalue weighted by atomic mass is 10.1. The Hall–Kier alpha value is -2.04. The van der Waals surface area contributed by atoms with Gasteiger partial charge in [0.1, 0.15) is 5.75 Å². The van der Waals surface area contributed by atoms with Crippen LogP contribution in [0.25, 0.3) is 0 Å². The van der Waals surface area contributed by atoms with Crippen molar-refractivity contribution in [3.05, 3.63) is 29.3 Å². The minimum Gasteiger partial charge on any atom is -0.496 e. The minimum atomic E-state index is -0.441. The normalized spacial score (nSPS) is 11.1. The highest BCUT2D eigenvalue weighted by Gasteiger charge is 2.12. The van der Waals surface area contributed by atoms with Crippen molar-refractivity contribution in [3.8, 4) is 5.75 Å². The number of carbonyl (C=O) groups excluding carboxylic acids is 1. The van der Waals surface area contributed by atoms with Crippen LogP contribution < -0.4 is 4.74 Å². The van der Waals surface area contributed by atoms with Crippen molar-refractivity contribution in [2.45, 2.75) is 6.92 Å². The molecule has 0 radical (unpaired) electrons. The Morgan fingerprint density at radius 2 is 2.06 bits per heavy atom. The summed E-state index contributed by atoms with van der Waals surface area (Å²) in [4.78, 5) is 11.3. The van der Waals surface area contributed by atoms with Crippen molar-refractivity contribution in [2.75, 3.05) is 14.2 Å². The fraction of sp³-hybridized carbons (Fsp3) is 0.273. The third kappa shape index (κ3) is 2.31. The second-order valence-electron chi connectivity index (χ2n) is 3.09. The minimum absolute atomic E-state index is 0.383. The highest BCUT2D eigenvalue weighted by Crippen LogP contribution is 2.21. The van der Waals surface area contributed by atoms with Gasteiger partial charge >= 0.3 is 5.97 Å². The molecule has 86 valence electrons. The molecule has 0 amide bonds. The summed E-state index contributed by atoms with van der Waals surface area (Å²) in [5.74, 6) is 0.0154. The Bertz CT molecular complexity index is 426. The predicted molar refractivity (Wildman–Crippen MR) is 58.3 cm³/mol. The van der Waals surface area contributed by atoms with E-state index in [1.54, 1.807) is 19.1 Å². The van der Waals surface area contributed by atoms with E-state index in [9.17, 15) is 4.79 Å². The summed E-state index contributed by atoms with van der Waals surface area (Å²) in [5.41, 5.74) is 1.42. The van der Waals surface area contributed by atoms with E-state index in [4.69, 9.17) is 9.94 Å². The van der Waals surface area contributed by atoms with E-state index in [2.05, 4.69) is 9.89 Å². The molecular weight excluding hydrogens is 210 g/mol. The largest absolute Gasteiger partial charge is 0.496 e. The number of carbonyl (C=O) groups is 1. The maximum atomic E-state index is 11.3. The van der Waals surface area contributed by atoms with Crippen LogP contribution in [0.15, 0.2) is 23.4 Å². The monoisotopic (exact) mass is 223 g/mol. The molecule has 5 nitrogen and oxygen atoms in total. The quantitative estimate of drug-likeness (QED) is 0.366. The fourth-order valence-corrected chi connectivity index (χ4v) is 1.29. The van der Waals surface area contributed by atoms with E-state index >= 15 is 0 Å². The van der Waals surface area contributed by atoms with Crippen LogP contribution in [-0.4, -0.2) is 31.1 Å². The lowest BCUT2D eigenvalue weighted by Crippen LogP contribution is -2.05. The zero-order valence-electron chi connectivity index (χ0n) is 9.35. The van der Waals surface area contributed by atoms with Crippen molar-refractivity contribution >= 4 is 11.7 Å². The number of methoxy groups -OCH3 is 2. The van der Waals surface area contributed by atoms with E-state index in [1.165, 1.54) is 20.3 Å². The van der Waals surface area contributed by atoms with Gasteiger partial charge in [-0.05, 0) is 25.1 Å². The molecule has 0 bridgehead atoms. The van der Waals surface area contributed by atoms with Crippen LogP contribution in [0.4, 0.5) is 0 Å². The molecule has 0 fully saturated rings. The molecule has 0 aliphatic carbocycles. The van der Waals surface area contributed by atoms with Crippen LogP contribution in [-0.2, 0) is 4.74 Å². The molecule has 16 heavy (non-hydrogen) atoms. The molecule has 1 rings (SSSR count). The SMILES string of the molecule is COC(=O)c1ccc(/C(C)=N/O)c(OC)c1. The highest BCUT2D eigenvalue weighted by molar-refractivity contribution is 6.02. The molecule has 1 N–H and O–H groups in total. The first-order valence-corrected chi connectivity index (χ1v) is 4.59. The highest BCUT2D eigenvalue weighted by atomic mass is 16.5. The first kappa shape index (κ1) is 12.0. The maximum Gasteiger partial charge on any atom is 0.337 e. The third-order valence-electron chi connectivity index (χ3n) is 2.16. The molecule has 0 saturated heterocycles. The Kier molecular flexibility index (Phi) is 3.88. The van der Waals surface area contributed by atoms with Crippen LogP contribution in [0.5, 0.6) is 5.75 Å². The van der Waals surface area contributed by atoms with Crippen molar-refractivity contribution in [1.29, 1.82) is 0 Å². The molecule has 0 aliphatic rings. The van der Waals surface area contributed by atoms with Crippen molar-refractivity contribution in [3.63, 3.8) is 0 Å². The van der Waals surface area contributed by atoms with Crippen LogP contribution >= 0.6 is 0 Å². The number of hydrogen-bond donors (Lipinski definition) is 1. The first-order valence-electron chi connectivity index (χ1n) is 4.59. The van der Waals surface area contributed by atoms with E-state index in [-0.39, 0.29) is 0 Å².